The fraction of sp³-hybridized carbons (Fsp3) is 0.0588. The number of carbonyl (C=O) groups excluding carboxylic acids is 1. The Labute approximate surface area is 153 Å². The summed E-state index contributed by atoms with van der Waals surface area (Å²) in [5.41, 5.74) is 4.38. The summed E-state index contributed by atoms with van der Waals surface area (Å²) in [4.78, 5) is 12.3. The lowest BCUT2D eigenvalue weighted by molar-refractivity contribution is 0.0947. The molecule has 0 spiro atoms. The zero-order valence-corrected chi connectivity index (χ0v) is 14.8. The van der Waals surface area contributed by atoms with Gasteiger partial charge in [0.05, 0.1) is 21.3 Å². The Balaban J connectivity index is 1.83. The van der Waals surface area contributed by atoms with Gasteiger partial charge < -0.3 is 4.57 Å². The zero-order valence-electron chi connectivity index (χ0n) is 12.6. The van der Waals surface area contributed by atoms with Crippen LogP contribution in [0.3, 0.4) is 0 Å². The summed E-state index contributed by atoms with van der Waals surface area (Å²) in [7, 11) is 1.83. The molecule has 4 nitrogen and oxygen atoms in total. The molecule has 1 aromatic heterocycles. The van der Waals surface area contributed by atoms with E-state index in [-0.39, 0.29) is 10.9 Å². The van der Waals surface area contributed by atoms with Gasteiger partial charge in [-0.05, 0) is 24.3 Å². The number of nitrogens with one attached hydrogen (secondary N) is 1. The van der Waals surface area contributed by atoms with Gasteiger partial charge in [-0.25, -0.2) is 5.43 Å². The molecule has 0 atom stereocenters. The molecule has 1 amide bonds. The van der Waals surface area contributed by atoms with E-state index in [1.165, 1.54) is 6.21 Å². The normalized spacial score (nSPS) is 11.3. The number of benzene rings is 2. The summed E-state index contributed by atoms with van der Waals surface area (Å²) < 4.78 is 1.81. The Morgan fingerprint density at radius 3 is 2.58 bits per heavy atom. The van der Waals surface area contributed by atoms with Crippen molar-refractivity contribution in [2.24, 2.45) is 12.1 Å². The molecule has 0 fully saturated rings. The Morgan fingerprint density at radius 1 is 1.12 bits per heavy atom. The molecule has 0 aliphatic carbocycles. The Kier molecular flexibility index (Phi) is 4.81. The van der Waals surface area contributed by atoms with Gasteiger partial charge in [0, 0.05) is 23.5 Å². The highest BCUT2D eigenvalue weighted by atomic mass is 35.5. The maximum absolute atomic E-state index is 12.3. The first kappa shape index (κ1) is 16.8. The van der Waals surface area contributed by atoms with Gasteiger partial charge in [0.2, 0.25) is 0 Å². The molecule has 0 unspecified atom stereocenters. The Bertz CT molecular complexity index is 963. The predicted octanol–water partition coefficient (Wildman–Crippen LogP) is 4.90. The molecule has 0 saturated heterocycles. The van der Waals surface area contributed by atoms with Crippen LogP contribution in [0.25, 0.3) is 10.9 Å². The number of hydrogen-bond donors (Lipinski definition) is 1. The van der Waals surface area contributed by atoms with Crippen LogP contribution in [-0.2, 0) is 7.05 Å². The first-order valence-electron chi connectivity index (χ1n) is 7.00. The van der Waals surface area contributed by atoms with Crippen LogP contribution in [0.4, 0.5) is 0 Å². The fourth-order valence-corrected chi connectivity index (χ4v) is 3.01. The third-order valence-electron chi connectivity index (χ3n) is 3.62. The lowest BCUT2D eigenvalue weighted by atomic mass is 10.2. The van der Waals surface area contributed by atoms with Crippen molar-refractivity contribution in [1.29, 1.82) is 0 Å². The van der Waals surface area contributed by atoms with Gasteiger partial charge in [-0.2, -0.15) is 5.10 Å². The van der Waals surface area contributed by atoms with Crippen LogP contribution in [0, 0.1) is 0 Å². The third kappa shape index (κ3) is 3.13. The monoisotopic (exact) mass is 379 g/mol. The molecule has 0 radical (unpaired) electrons. The molecular formula is C17H12Cl3N3O. The van der Waals surface area contributed by atoms with E-state index in [0.717, 1.165) is 10.9 Å². The van der Waals surface area contributed by atoms with Crippen LogP contribution in [0.5, 0.6) is 0 Å². The lowest BCUT2D eigenvalue weighted by Crippen LogP contribution is -2.20. The van der Waals surface area contributed by atoms with Crippen LogP contribution in [0.1, 0.15) is 16.1 Å². The quantitative estimate of drug-likeness (QED) is 0.392. The number of carbonyl (C=O) groups is 1. The van der Waals surface area contributed by atoms with Gasteiger partial charge in [-0.15, -0.1) is 0 Å². The van der Waals surface area contributed by atoms with E-state index in [0.29, 0.717) is 21.3 Å². The first-order chi connectivity index (χ1) is 11.5. The molecule has 24 heavy (non-hydrogen) atoms. The Morgan fingerprint density at radius 2 is 1.83 bits per heavy atom. The summed E-state index contributed by atoms with van der Waals surface area (Å²) in [6.45, 7) is 0. The average Bonchev–Trinajstić information content (AvgIpc) is 2.92. The van der Waals surface area contributed by atoms with E-state index in [4.69, 9.17) is 34.8 Å². The smallest absolute Gasteiger partial charge is 0.287 e. The highest BCUT2D eigenvalue weighted by Gasteiger charge is 2.12. The molecule has 122 valence electrons. The van der Waals surface area contributed by atoms with E-state index < -0.39 is 0 Å². The second-order valence-corrected chi connectivity index (χ2v) is 6.30. The molecule has 7 heteroatoms. The minimum atomic E-state index is -0.334. The van der Waals surface area contributed by atoms with Gasteiger partial charge in [0.25, 0.3) is 5.91 Å². The second-order valence-electron chi connectivity index (χ2n) is 5.10. The third-order valence-corrected chi connectivity index (χ3v) is 4.77. The van der Waals surface area contributed by atoms with E-state index >= 15 is 0 Å². The second kappa shape index (κ2) is 6.85. The number of amides is 1. The maximum atomic E-state index is 12.3. The molecular weight excluding hydrogens is 369 g/mol. The van der Waals surface area contributed by atoms with E-state index in [9.17, 15) is 4.79 Å². The number of hydrogen-bond acceptors (Lipinski definition) is 2. The number of aryl methyl sites for hydroxylation is 1. The van der Waals surface area contributed by atoms with Crippen LogP contribution in [-0.4, -0.2) is 16.7 Å². The van der Waals surface area contributed by atoms with Crippen LogP contribution < -0.4 is 5.43 Å². The van der Waals surface area contributed by atoms with Crippen molar-refractivity contribution in [3.05, 3.63) is 68.8 Å². The molecule has 2 aromatic carbocycles. The van der Waals surface area contributed by atoms with Gasteiger partial charge in [0.1, 0.15) is 5.69 Å². The van der Waals surface area contributed by atoms with Gasteiger partial charge in [-0.1, -0.05) is 53.0 Å². The van der Waals surface area contributed by atoms with Crippen molar-refractivity contribution in [2.45, 2.75) is 0 Å². The van der Waals surface area contributed by atoms with Crippen molar-refractivity contribution < 1.29 is 4.79 Å². The Hall–Kier alpha value is -2.01. The number of rotatable bonds is 3. The van der Waals surface area contributed by atoms with E-state index in [1.807, 2.05) is 31.3 Å². The molecule has 0 aliphatic heterocycles. The number of para-hydroxylation sites is 1. The first-order valence-corrected chi connectivity index (χ1v) is 8.14. The summed E-state index contributed by atoms with van der Waals surface area (Å²) in [6, 6.07) is 12.7. The van der Waals surface area contributed by atoms with Crippen molar-refractivity contribution >= 4 is 57.8 Å². The van der Waals surface area contributed by atoms with E-state index in [2.05, 4.69) is 10.5 Å². The topological polar surface area (TPSA) is 46.4 Å². The standard InChI is InChI=1S/C17H12Cl3N3O/c1-23-14-5-3-2-4-10(14)8-15(23)17(24)22-21-9-11-12(18)6-7-13(19)16(11)20/h2-9H,1H3,(H,22,24)/b21-9+. The molecule has 3 rings (SSSR count). The number of halogens is 3. The van der Waals surface area contributed by atoms with Crippen molar-refractivity contribution in [3.63, 3.8) is 0 Å². The van der Waals surface area contributed by atoms with Crippen molar-refractivity contribution in [3.8, 4) is 0 Å². The number of hydrazone groups is 1. The van der Waals surface area contributed by atoms with Gasteiger partial charge in [-0.3, -0.25) is 4.79 Å². The summed E-state index contributed by atoms with van der Waals surface area (Å²) in [5, 5.41) is 5.95. The molecule has 3 aromatic rings. The van der Waals surface area contributed by atoms with Gasteiger partial charge in [0.15, 0.2) is 0 Å². The lowest BCUT2D eigenvalue weighted by Gasteiger charge is -2.04. The predicted molar refractivity (Wildman–Crippen MR) is 99.5 cm³/mol. The van der Waals surface area contributed by atoms with E-state index in [1.54, 1.807) is 22.8 Å². The molecule has 0 saturated carbocycles. The minimum absolute atomic E-state index is 0.284. The summed E-state index contributed by atoms with van der Waals surface area (Å²) in [6.07, 6.45) is 1.37. The zero-order chi connectivity index (χ0) is 17.3. The van der Waals surface area contributed by atoms with Crippen LogP contribution in [0.2, 0.25) is 15.1 Å². The largest absolute Gasteiger partial charge is 0.340 e. The highest BCUT2D eigenvalue weighted by Crippen LogP contribution is 2.30. The molecule has 0 aliphatic rings. The minimum Gasteiger partial charge on any atom is -0.340 e. The maximum Gasteiger partial charge on any atom is 0.287 e. The molecule has 1 heterocycles. The SMILES string of the molecule is Cn1c(C(=O)N/N=C/c2c(Cl)ccc(Cl)c2Cl)cc2ccccc21. The summed E-state index contributed by atoms with van der Waals surface area (Å²) in [5.74, 6) is -0.334. The molecule has 0 bridgehead atoms. The average molecular weight is 381 g/mol. The molecule has 1 N–H and O–H groups in total. The summed E-state index contributed by atoms with van der Waals surface area (Å²) >= 11 is 18.1. The van der Waals surface area contributed by atoms with Crippen molar-refractivity contribution in [2.75, 3.05) is 0 Å². The van der Waals surface area contributed by atoms with Crippen molar-refractivity contribution in [1.82, 2.24) is 9.99 Å². The number of fused-ring (bicyclic) bond motifs is 1. The number of nitrogens with zero attached hydrogens (tertiary/aromatic N) is 2. The van der Waals surface area contributed by atoms with Crippen LogP contribution >= 0.6 is 34.8 Å². The highest BCUT2D eigenvalue weighted by molar-refractivity contribution is 6.45. The van der Waals surface area contributed by atoms with Crippen LogP contribution in [0.15, 0.2) is 47.6 Å². The fourth-order valence-electron chi connectivity index (χ4n) is 2.38. The number of aromatic nitrogens is 1. The van der Waals surface area contributed by atoms with Gasteiger partial charge >= 0.3 is 0 Å².